The Kier molecular flexibility index (Phi) is 25.3. The lowest BCUT2D eigenvalue weighted by Crippen LogP contribution is -2.25. The summed E-state index contributed by atoms with van der Waals surface area (Å²) in [5.74, 6) is -0.642. The Morgan fingerprint density at radius 3 is 1.76 bits per heavy atom. The van der Waals surface area contributed by atoms with Gasteiger partial charge in [-0.25, -0.2) is 0 Å². The van der Waals surface area contributed by atoms with Crippen LogP contribution < -0.4 is 0 Å². The van der Waals surface area contributed by atoms with Gasteiger partial charge in [0.15, 0.2) is 0 Å². The van der Waals surface area contributed by atoms with Gasteiger partial charge in [-0.05, 0) is 51.4 Å². The van der Waals surface area contributed by atoms with Gasteiger partial charge in [-0.15, -0.1) is 0 Å². The fourth-order valence-corrected chi connectivity index (χ4v) is 4.82. The number of unbranched alkanes of at least 4 members (excludes halogenated alkanes) is 12. The Bertz CT molecular complexity index is 743. The number of hydrogen-bond acceptors (Lipinski definition) is 6. The molecule has 3 atom stereocenters. The number of esters is 2. The zero-order valence-corrected chi connectivity index (χ0v) is 26.9. The lowest BCUT2D eigenvalue weighted by molar-refractivity contribution is -0.152. The normalized spacial score (nSPS) is 17.4. The van der Waals surface area contributed by atoms with Gasteiger partial charge in [0.2, 0.25) is 0 Å². The summed E-state index contributed by atoms with van der Waals surface area (Å²) in [5.41, 5.74) is 0. The molecule has 0 aromatic heterocycles. The number of aliphatic hydroxyl groups excluding tert-OH is 1. The maximum Gasteiger partial charge on any atom is 0.305 e. The standard InChI is InChI=1S/C36H62O6/c1-3-5-7-9-11-13-15-16-17-19-21-23-26-33-34(42-33)27-25-29-36(39)41-31-32(37)30-40-35(38)28-24-22-20-18-14-12-10-8-6-4-2/h11,13,16-17,21,23,32-34,37H,3-10,12,14-15,18-20,22,24-31H2,1-2H3/b13-11-,17-16-,23-21-/t32-,33?,34?/m0/s1. The van der Waals surface area contributed by atoms with Gasteiger partial charge < -0.3 is 19.3 Å². The van der Waals surface area contributed by atoms with Gasteiger partial charge in [0.25, 0.3) is 0 Å². The molecule has 1 N–H and O–H groups in total. The highest BCUT2D eigenvalue weighted by molar-refractivity contribution is 5.69. The lowest BCUT2D eigenvalue weighted by Gasteiger charge is -2.12. The monoisotopic (exact) mass is 590 g/mol. The van der Waals surface area contributed by atoms with Crippen molar-refractivity contribution in [3.8, 4) is 0 Å². The van der Waals surface area contributed by atoms with E-state index >= 15 is 0 Å². The van der Waals surface area contributed by atoms with Crippen molar-refractivity contribution in [2.45, 2.75) is 167 Å². The molecule has 1 fully saturated rings. The van der Waals surface area contributed by atoms with Crippen molar-refractivity contribution in [3.63, 3.8) is 0 Å². The van der Waals surface area contributed by atoms with Crippen LogP contribution >= 0.6 is 0 Å². The third-order valence-corrected chi connectivity index (χ3v) is 7.55. The van der Waals surface area contributed by atoms with Gasteiger partial charge in [0.1, 0.15) is 19.3 Å². The highest BCUT2D eigenvalue weighted by Gasteiger charge is 2.36. The predicted octanol–water partition coefficient (Wildman–Crippen LogP) is 9.10. The SMILES string of the molecule is CCCCC/C=C\C/C=C\C/C=C\CC1OC1CCCC(=O)OC[C@@H](O)COC(=O)CCCCCCCCCCCC. The average molecular weight is 591 g/mol. The number of carbonyl (C=O) groups excluding carboxylic acids is 2. The van der Waals surface area contributed by atoms with E-state index in [4.69, 9.17) is 14.2 Å². The lowest BCUT2D eigenvalue weighted by atomic mass is 10.1. The summed E-state index contributed by atoms with van der Waals surface area (Å²) in [7, 11) is 0. The zero-order valence-electron chi connectivity index (χ0n) is 26.9. The Hall–Kier alpha value is -1.92. The fraction of sp³-hybridized carbons (Fsp3) is 0.778. The highest BCUT2D eigenvalue weighted by atomic mass is 16.6. The van der Waals surface area contributed by atoms with Crippen LogP contribution in [0.25, 0.3) is 0 Å². The summed E-state index contributed by atoms with van der Waals surface area (Å²) in [6, 6.07) is 0. The van der Waals surface area contributed by atoms with Crippen LogP contribution in [0.5, 0.6) is 0 Å². The Labute approximate surface area is 257 Å². The van der Waals surface area contributed by atoms with E-state index in [1.54, 1.807) is 0 Å². The van der Waals surface area contributed by atoms with Gasteiger partial charge in [-0.2, -0.15) is 0 Å². The number of epoxide rings is 1. The van der Waals surface area contributed by atoms with Crippen LogP contribution in [0, 0.1) is 0 Å². The fourth-order valence-electron chi connectivity index (χ4n) is 4.82. The summed E-state index contributed by atoms with van der Waals surface area (Å²) in [4.78, 5) is 23.9. The predicted molar refractivity (Wildman–Crippen MR) is 172 cm³/mol. The van der Waals surface area contributed by atoms with Gasteiger partial charge in [-0.1, -0.05) is 121 Å². The first-order valence-corrected chi connectivity index (χ1v) is 17.2. The van der Waals surface area contributed by atoms with E-state index < -0.39 is 6.10 Å². The second-order valence-electron chi connectivity index (χ2n) is 11.7. The van der Waals surface area contributed by atoms with Crippen LogP contribution in [0.3, 0.4) is 0 Å². The van der Waals surface area contributed by atoms with Gasteiger partial charge >= 0.3 is 11.9 Å². The molecule has 1 aliphatic rings. The summed E-state index contributed by atoms with van der Waals surface area (Å²) in [6.07, 6.45) is 35.0. The van der Waals surface area contributed by atoms with E-state index in [-0.39, 0.29) is 37.4 Å². The van der Waals surface area contributed by atoms with Crippen molar-refractivity contribution in [3.05, 3.63) is 36.5 Å². The first-order valence-electron chi connectivity index (χ1n) is 17.2. The van der Waals surface area contributed by atoms with E-state index in [1.165, 1.54) is 70.6 Å². The van der Waals surface area contributed by atoms with Crippen molar-refractivity contribution < 1.29 is 28.9 Å². The van der Waals surface area contributed by atoms with Crippen LogP contribution in [0.1, 0.15) is 149 Å². The smallest absolute Gasteiger partial charge is 0.305 e. The Morgan fingerprint density at radius 2 is 1.14 bits per heavy atom. The number of allylic oxidation sites excluding steroid dienone is 5. The van der Waals surface area contributed by atoms with Crippen molar-refractivity contribution in [1.82, 2.24) is 0 Å². The molecule has 6 nitrogen and oxygen atoms in total. The number of rotatable bonds is 29. The molecule has 0 spiro atoms. The van der Waals surface area contributed by atoms with Crippen LogP contribution in [0.4, 0.5) is 0 Å². The Balaban J connectivity index is 1.91. The summed E-state index contributed by atoms with van der Waals surface area (Å²) in [6.45, 7) is 4.18. The molecular weight excluding hydrogens is 528 g/mol. The summed E-state index contributed by atoms with van der Waals surface area (Å²) >= 11 is 0. The molecule has 0 bridgehead atoms. The quantitative estimate of drug-likeness (QED) is 0.0405. The largest absolute Gasteiger partial charge is 0.463 e. The van der Waals surface area contributed by atoms with Crippen molar-refractivity contribution in [1.29, 1.82) is 0 Å². The van der Waals surface area contributed by atoms with E-state index in [0.29, 0.717) is 19.3 Å². The summed E-state index contributed by atoms with van der Waals surface area (Å²) in [5, 5.41) is 9.97. The second kappa shape index (κ2) is 27.9. The van der Waals surface area contributed by atoms with Crippen LogP contribution in [0.15, 0.2) is 36.5 Å². The molecule has 2 unspecified atom stereocenters. The van der Waals surface area contributed by atoms with E-state index in [2.05, 4.69) is 50.3 Å². The van der Waals surface area contributed by atoms with Crippen LogP contribution in [0.2, 0.25) is 0 Å². The third-order valence-electron chi connectivity index (χ3n) is 7.55. The molecule has 1 heterocycles. The Morgan fingerprint density at radius 1 is 0.643 bits per heavy atom. The van der Waals surface area contributed by atoms with Crippen LogP contribution in [-0.2, 0) is 23.8 Å². The average Bonchev–Trinajstić information content (AvgIpc) is 3.74. The molecule has 0 aliphatic carbocycles. The minimum Gasteiger partial charge on any atom is -0.463 e. The maximum atomic E-state index is 12.0. The number of carbonyl (C=O) groups is 2. The minimum atomic E-state index is -0.990. The first-order chi connectivity index (χ1) is 20.6. The topological polar surface area (TPSA) is 85.4 Å². The molecular formula is C36H62O6. The summed E-state index contributed by atoms with van der Waals surface area (Å²) < 4.78 is 16.0. The number of aliphatic hydroxyl groups is 1. The molecule has 1 saturated heterocycles. The van der Waals surface area contributed by atoms with E-state index in [0.717, 1.165) is 44.9 Å². The van der Waals surface area contributed by atoms with E-state index in [9.17, 15) is 14.7 Å². The number of hydrogen-bond donors (Lipinski definition) is 1. The van der Waals surface area contributed by atoms with Crippen LogP contribution in [-0.4, -0.2) is 48.6 Å². The molecule has 6 heteroatoms. The number of ether oxygens (including phenoxy) is 3. The third kappa shape index (κ3) is 24.7. The molecule has 0 amide bonds. The van der Waals surface area contributed by atoms with Gasteiger partial charge in [0, 0.05) is 12.8 Å². The molecule has 42 heavy (non-hydrogen) atoms. The molecule has 0 aromatic carbocycles. The zero-order chi connectivity index (χ0) is 30.5. The maximum absolute atomic E-state index is 12.0. The van der Waals surface area contributed by atoms with Crippen molar-refractivity contribution >= 4 is 11.9 Å². The van der Waals surface area contributed by atoms with Crippen molar-refractivity contribution in [2.75, 3.05) is 13.2 Å². The second-order valence-corrected chi connectivity index (χ2v) is 11.7. The van der Waals surface area contributed by atoms with Gasteiger partial charge in [-0.3, -0.25) is 9.59 Å². The molecule has 242 valence electrons. The highest BCUT2D eigenvalue weighted by Crippen LogP contribution is 2.30. The van der Waals surface area contributed by atoms with E-state index in [1.807, 2.05) is 0 Å². The molecule has 1 rings (SSSR count). The molecule has 0 radical (unpaired) electrons. The van der Waals surface area contributed by atoms with Gasteiger partial charge in [0.05, 0.1) is 12.2 Å². The molecule has 0 aromatic rings. The minimum absolute atomic E-state index is 0.138. The molecule has 1 aliphatic heterocycles. The first kappa shape index (κ1) is 38.1. The molecule has 0 saturated carbocycles. The van der Waals surface area contributed by atoms with Crippen molar-refractivity contribution in [2.24, 2.45) is 0 Å².